The molecule has 310 valence electrons. The quantitative estimate of drug-likeness (QED) is 0.0354. The number of unbranched alkanes of at least 4 members (excludes halogenated alkanes) is 2. The Morgan fingerprint density at radius 1 is 0.500 bits per heavy atom. The molecule has 0 saturated heterocycles. The van der Waals surface area contributed by atoms with Gasteiger partial charge in [0.05, 0.1) is 26.4 Å². The van der Waals surface area contributed by atoms with E-state index >= 15 is 0 Å². The topological polar surface area (TPSA) is 95.2 Å². The molecule has 0 radical (unpaired) electrons. The number of rotatable bonds is 23. The first-order chi connectivity index (χ1) is 28.6. The normalized spacial score (nSPS) is 15.1. The van der Waals surface area contributed by atoms with E-state index in [0.717, 1.165) is 50.1 Å². The fourth-order valence-corrected chi connectivity index (χ4v) is 10.5. The summed E-state index contributed by atoms with van der Waals surface area (Å²) in [6.45, 7) is 4.49. The van der Waals surface area contributed by atoms with Crippen LogP contribution in [0, 0.1) is 0 Å². The molecule has 0 aliphatic heterocycles. The van der Waals surface area contributed by atoms with Crippen molar-refractivity contribution < 1.29 is 29.6 Å². The molecule has 8 nitrogen and oxygen atoms in total. The van der Waals surface area contributed by atoms with Gasteiger partial charge in [0, 0.05) is 85.2 Å². The molecule has 2 aliphatic carbocycles. The first-order valence-corrected chi connectivity index (χ1v) is 23.9. The largest absolute Gasteiger partial charge is 0.395 e. The Bertz CT molecular complexity index is 1770. The van der Waals surface area contributed by atoms with Crippen LogP contribution in [0.4, 0.5) is 11.4 Å². The zero-order valence-corrected chi connectivity index (χ0v) is 35.8. The van der Waals surface area contributed by atoms with Gasteiger partial charge in [-0.15, -0.1) is 0 Å². The molecule has 2 aromatic heterocycles. The molecule has 0 amide bonds. The number of anilines is 2. The van der Waals surface area contributed by atoms with Gasteiger partial charge < -0.3 is 30.2 Å². The predicted octanol–water partition coefficient (Wildman–Crippen LogP) is 7.24. The molecule has 0 bridgehead atoms. The molecular formula is C48H64N4O4S2+2. The molecule has 6 rings (SSSR count). The zero-order valence-electron chi connectivity index (χ0n) is 34.2. The minimum Gasteiger partial charge on any atom is -0.395 e. The highest BCUT2D eigenvalue weighted by Gasteiger charge is 2.19. The summed E-state index contributed by atoms with van der Waals surface area (Å²) < 4.78 is 4.77. The first kappa shape index (κ1) is 43.9. The molecule has 10 heteroatoms. The van der Waals surface area contributed by atoms with Crippen LogP contribution in [0.1, 0.15) is 84.7 Å². The summed E-state index contributed by atoms with van der Waals surface area (Å²) in [5, 5.41) is 37.5. The van der Waals surface area contributed by atoms with E-state index in [2.05, 4.69) is 107 Å². The van der Waals surface area contributed by atoms with Crippen LogP contribution in [0.15, 0.2) is 85.5 Å². The number of hydrogen-bond acceptors (Lipinski definition) is 8. The van der Waals surface area contributed by atoms with Gasteiger partial charge in [-0.1, -0.05) is 58.0 Å². The number of aryl methyl sites for hydroxylation is 4. The van der Waals surface area contributed by atoms with Crippen molar-refractivity contribution in [1.29, 1.82) is 0 Å². The number of allylic oxidation sites excluding steroid dienone is 2. The summed E-state index contributed by atoms with van der Waals surface area (Å²) in [4.78, 5) is 4.02. The molecule has 0 fully saturated rings. The van der Waals surface area contributed by atoms with E-state index in [0.29, 0.717) is 26.2 Å². The minimum absolute atomic E-state index is 0.0701. The monoisotopic (exact) mass is 824 g/mol. The standard InChI is InChI=1S/C48H64N4O4S2/c53-29-25-51(26-30-54)45-15-11-39(12-16-45)35-41-7-5-9-43-37-49(23-19-47(41)43)21-1-3-33-57-58-34-4-2-22-50-24-20-48-42(8-6-10-44(48)38-50)36-40-13-17-46(18-14-40)52(27-31-55)28-32-56/h11-20,23-24,35-38,53-56H,1-10,21-22,25-34H2/q+2. The summed E-state index contributed by atoms with van der Waals surface area (Å²) >= 11 is 0. The number of pyridine rings is 2. The van der Waals surface area contributed by atoms with Gasteiger partial charge in [0.2, 0.25) is 0 Å². The summed E-state index contributed by atoms with van der Waals surface area (Å²) in [5.41, 5.74) is 12.9. The number of hydrogen-bond donors (Lipinski definition) is 4. The van der Waals surface area contributed by atoms with Crippen molar-refractivity contribution in [2.75, 3.05) is 73.9 Å². The maximum atomic E-state index is 9.38. The minimum atomic E-state index is 0.0701. The Balaban J connectivity index is 0.874. The molecular weight excluding hydrogens is 761 g/mol. The van der Waals surface area contributed by atoms with Gasteiger partial charge in [-0.05, 0) is 109 Å². The second kappa shape index (κ2) is 23.8. The Morgan fingerprint density at radius 3 is 1.28 bits per heavy atom. The second-order valence-electron chi connectivity index (χ2n) is 15.4. The molecule has 0 saturated carbocycles. The van der Waals surface area contributed by atoms with Crippen molar-refractivity contribution in [3.63, 3.8) is 0 Å². The highest BCUT2D eigenvalue weighted by Crippen LogP contribution is 2.33. The highest BCUT2D eigenvalue weighted by atomic mass is 33.1. The molecule has 4 N–H and O–H groups in total. The van der Waals surface area contributed by atoms with Crippen molar-refractivity contribution in [3.05, 3.63) is 119 Å². The van der Waals surface area contributed by atoms with E-state index in [1.54, 1.807) is 0 Å². The van der Waals surface area contributed by atoms with Crippen molar-refractivity contribution >= 4 is 56.3 Å². The van der Waals surface area contributed by atoms with E-state index in [9.17, 15) is 20.4 Å². The van der Waals surface area contributed by atoms with Gasteiger partial charge in [-0.25, -0.2) is 9.13 Å². The first-order valence-electron chi connectivity index (χ1n) is 21.4. The number of benzene rings is 2. The maximum Gasteiger partial charge on any atom is 0.172 e. The fraction of sp³-hybridized carbons (Fsp3) is 0.458. The van der Waals surface area contributed by atoms with Crippen molar-refractivity contribution in [2.45, 2.75) is 77.3 Å². The van der Waals surface area contributed by atoms with E-state index in [1.165, 1.54) is 94.6 Å². The zero-order chi connectivity index (χ0) is 40.4. The molecule has 0 unspecified atom stereocenters. The molecule has 2 aromatic carbocycles. The molecule has 4 aromatic rings. The lowest BCUT2D eigenvalue weighted by molar-refractivity contribution is -0.697. The van der Waals surface area contributed by atoms with Crippen molar-refractivity contribution in [1.82, 2.24) is 0 Å². The lowest BCUT2D eigenvalue weighted by atomic mass is 9.87. The smallest absolute Gasteiger partial charge is 0.172 e. The summed E-state index contributed by atoms with van der Waals surface area (Å²) in [6.07, 6.45) is 25.6. The SMILES string of the molecule is OCCN(CCO)c1ccc(C=C2CCCc3c[n+](CCCCSSCCCC[n+]4ccc5c(c4)CCCC5=Cc4ccc(N(CCO)CCO)cc4)ccc32)cc1. The molecule has 2 aliphatic rings. The molecule has 0 atom stereocenters. The van der Waals surface area contributed by atoms with Crippen LogP contribution in [0.3, 0.4) is 0 Å². The van der Waals surface area contributed by atoms with Gasteiger partial charge in [-0.2, -0.15) is 0 Å². The predicted molar refractivity (Wildman–Crippen MR) is 244 cm³/mol. The molecule has 0 spiro atoms. The van der Waals surface area contributed by atoms with E-state index in [4.69, 9.17) is 0 Å². The van der Waals surface area contributed by atoms with Gasteiger partial charge in [0.25, 0.3) is 0 Å². The maximum absolute atomic E-state index is 9.38. The van der Waals surface area contributed by atoms with E-state index < -0.39 is 0 Å². The van der Waals surface area contributed by atoms with Crippen molar-refractivity contribution in [3.8, 4) is 0 Å². The van der Waals surface area contributed by atoms with E-state index in [1.807, 2.05) is 31.4 Å². The Labute approximate surface area is 354 Å². The number of aliphatic hydroxyl groups excluding tert-OH is 4. The third-order valence-electron chi connectivity index (χ3n) is 11.2. The third-order valence-corrected chi connectivity index (χ3v) is 13.8. The van der Waals surface area contributed by atoms with Gasteiger partial charge >= 0.3 is 0 Å². The van der Waals surface area contributed by atoms with Crippen molar-refractivity contribution in [2.24, 2.45) is 0 Å². The van der Waals surface area contributed by atoms with Crippen LogP contribution in [-0.2, 0) is 25.9 Å². The van der Waals surface area contributed by atoms with E-state index in [-0.39, 0.29) is 26.4 Å². The number of aliphatic hydroxyl groups is 4. The van der Waals surface area contributed by atoms with Crippen LogP contribution in [0.2, 0.25) is 0 Å². The van der Waals surface area contributed by atoms with Crippen LogP contribution < -0.4 is 18.9 Å². The average Bonchev–Trinajstić information content (AvgIpc) is 3.25. The molecule has 58 heavy (non-hydrogen) atoms. The average molecular weight is 825 g/mol. The lowest BCUT2D eigenvalue weighted by Crippen LogP contribution is -2.34. The second-order valence-corrected chi connectivity index (χ2v) is 18.1. The number of nitrogens with zero attached hydrogens (tertiary/aromatic N) is 4. The van der Waals surface area contributed by atoms with Gasteiger partial charge in [-0.3, -0.25) is 0 Å². The highest BCUT2D eigenvalue weighted by molar-refractivity contribution is 8.76. The van der Waals surface area contributed by atoms with Gasteiger partial charge in [0.15, 0.2) is 24.8 Å². The van der Waals surface area contributed by atoms with Crippen LogP contribution in [-0.4, -0.2) is 84.5 Å². The Kier molecular flexibility index (Phi) is 18.0. The van der Waals surface area contributed by atoms with Crippen LogP contribution >= 0.6 is 21.6 Å². The fourth-order valence-electron chi connectivity index (χ4n) is 8.21. The Morgan fingerprint density at radius 2 is 0.897 bits per heavy atom. The number of fused-ring (bicyclic) bond motifs is 2. The molecule has 2 heterocycles. The number of aromatic nitrogens is 2. The third kappa shape index (κ3) is 12.9. The van der Waals surface area contributed by atoms with Crippen LogP contribution in [0.5, 0.6) is 0 Å². The van der Waals surface area contributed by atoms with Crippen LogP contribution in [0.25, 0.3) is 23.3 Å². The summed E-state index contributed by atoms with van der Waals surface area (Å²) in [5.74, 6) is 2.40. The van der Waals surface area contributed by atoms with Gasteiger partial charge in [0.1, 0.15) is 13.1 Å². The summed E-state index contributed by atoms with van der Waals surface area (Å²) in [7, 11) is 4.06. The lowest BCUT2D eigenvalue weighted by Gasteiger charge is -2.23. The Hall–Kier alpha value is -3.64. The summed E-state index contributed by atoms with van der Waals surface area (Å²) in [6, 6.07) is 21.5.